The number of benzene rings is 2. The van der Waals surface area contributed by atoms with Gasteiger partial charge < -0.3 is 14.6 Å². The second-order valence-corrected chi connectivity index (χ2v) is 7.42. The second-order valence-electron chi connectivity index (χ2n) is 7.42. The van der Waals surface area contributed by atoms with Gasteiger partial charge in [-0.3, -0.25) is 9.59 Å². The zero-order valence-corrected chi connectivity index (χ0v) is 17.4. The molecule has 0 atom stereocenters. The number of nitrogens with zero attached hydrogens (tertiary/aromatic N) is 2. The number of hydrogen-bond acceptors (Lipinski definition) is 6. The van der Waals surface area contributed by atoms with Crippen LogP contribution in [0.15, 0.2) is 76.1 Å². The first-order chi connectivity index (χ1) is 15.9. The lowest BCUT2D eigenvalue weighted by Crippen LogP contribution is -2.20. The van der Waals surface area contributed by atoms with Gasteiger partial charge in [-0.15, -0.1) is 0 Å². The number of rotatable bonds is 7. The summed E-state index contributed by atoms with van der Waals surface area (Å²) in [5, 5.41) is 2.70. The Morgan fingerprint density at radius 2 is 1.97 bits per heavy atom. The van der Waals surface area contributed by atoms with Gasteiger partial charge in [0.15, 0.2) is 17.7 Å². The van der Waals surface area contributed by atoms with E-state index in [0.29, 0.717) is 28.8 Å². The van der Waals surface area contributed by atoms with Crippen molar-refractivity contribution in [1.82, 2.24) is 15.2 Å². The summed E-state index contributed by atoms with van der Waals surface area (Å²) in [6.45, 7) is 0.256. The van der Waals surface area contributed by atoms with E-state index in [1.54, 1.807) is 24.2 Å². The Morgan fingerprint density at radius 1 is 1.21 bits per heavy atom. The summed E-state index contributed by atoms with van der Waals surface area (Å²) in [7, 11) is 1.74. The van der Waals surface area contributed by atoms with Gasteiger partial charge >= 0.3 is 0 Å². The van der Waals surface area contributed by atoms with Gasteiger partial charge in [0, 0.05) is 31.3 Å². The predicted molar refractivity (Wildman–Crippen MR) is 114 cm³/mol. The Kier molecular flexibility index (Phi) is 6.12. The highest BCUT2D eigenvalue weighted by molar-refractivity contribution is 6.09. The van der Waals surface area contributed by atoms with Crippen molar-refractivity contribution in [2.75, 3.05) is 7.05 Å². The number of aldehydes is 1. The van der Waals surface area contributed by atoms with Crippen molar-refractivity contribution in [1.29, 1.82) is 0 Å². The molecule has 6 nitrogen and oxygen atoms in total. The highest BCUT2D eigenvalue weighted by Crippen LogP contribution is 2.25. The lowest BCUT2D eigenvalue weighted by Gasteiger charge is -2.18. The molecule has 9 heteroatoms. The third-order valence-corrected chi connectivity index (χ3v) is 5.04. The number of allylic oxidation sites excluding steroid dienone is 4. The fraction of sp³-hybridized carbons (Fsp3) is 0.125. The van der Waals surface area contributed by atoms with Crippen LogP contribution in [0.4, 0.5) is 13.2 Å². The highest BCUT2D eigenvalue weighted by atomic mass is 19.1. The van der Waals surface area contributed by atoms with Gasteiger partial charge in [-0.1, -0.05) is 6.07 Å². The Balaban J connectivity index is 1.49. The molecule has 168 valence electrons. The lowest BCUT2D eigenvalue weighted by atomic mass is 9.94. The molecule has 0 bridgehead atoms. The first-order valence-corrected chi connectivity index (χ1v) is 9.91. The third kappa shape index (κ3) is 4.72. The monoisotopic (exact) mass is 453 g/mol. The molecule has 0 unspecified atom stereocenters. The topological polar surface area (TPSA) is 75.4 Å². The van der Waals surface area contributed by atoms with Gasteiger partial charge in [0.1, 0.15) is 23.0 Å². The Hall–Kier alpha value is -4.14. The SMILES string of the molecule is CN(/C=C\C1=C(C=O)NC=C(C(=O)c2c(F)cccc2F)C1)Cc1nc2cc(F)ccc2o1. The molecule has 0 saturated heterocycles. The van der Waals surface area contributed by atoms with E-state index < -0.39 is 28.8 Å². The molecule has 1 aliphatic rings. The maximum Gasteiger partial charge on any atom is 0.214 e. The number of aromatic nitrogens is 1. The maximum absolute atomic E-state index is 14.0. The van der Waals surface area contributed by atoms with Crippen LogP contribution < -0.4 is 5.32 Å². The summed E-state index contributed by atoms with van der Waals surface area (Å²) in [5.41, 5.74) is 1.00. The van der Waals surface area contributed by atoms with Crippen LogP contribution >= 0.6 is 0 Å². The zero-order chi connectivity index (χ0) is 23.5. The van der Waals surface area contributed by atoms with E-state index in [2.05, 4.69) is 10.3 Å². The quantitative estimate of drug-likeness (QED) is 0.422. The lowest BCUT2D eigenvalue weighted by molar-refractivity contribution is -0.105. The number of oxazole rings is 1. The maximum atomic E-state index is 14.0. The average molecular weight is 453 g/mol. The van der Waals surface area contributed by atoms with Crippen LogP contribution in [-0.4, -0.2) is 29.0 Å². The van der Waals surface area contributed by atoms with Crippen LogP contribution in [0.5, 0.6) is 0 Å². The molecule has 0 amide bonds. The van der Waals surface area contributed by atoms with Crippen molar-refractivity contribution in [3.8, 4) is 0 Å². The molecule has 1 aliphatic heterocycles. The minimum atomic E-state index is -0.957. The minimum Gasteiger partial charge on any atom is -0.439 e. The normalized spacial score (nSPS) is 13.9. The molecular weight excluding hydrogens is 435 g/mol. The van der Waals surface area contributed by atoms with Crippen LogP contribution in [0, 0.1) is 17.5 Å². The summed E-state index contributed by atoms with van der Waals surface area (Å²) < 4.78 is 47.0. The molecule has 0 fully saturated rings. The van der Waals surface area contributed by atoms with Crippen molar-refractivity contribution in [3.63, 3.8) is 0 Å². The molecule has 1 N–H and O–H groups in total. The largest absolute Gasteiger partial charge is 0.439 e. The van der Waals surface area contributed by atoms with E-state index in [1.165, 1.54) is 30.5 Å². The Bertz CT molecular complexity index is 1320. The van der Waals surface area contributed by atoms with E-state index >= 15 is 0 Å². The molecule has 0 saturated carbocycles. The van der Waals surface area contributed by atoms with Crippen LogP contribution in [0.3, 0.4) is 0 Å². The van der Waals surface area contributed by atoms with Gasteiger partial charge in [0.25, 0.3) is 0 Å². The summed E-state index contributed by atoms with van der Waals surface area (Å²) in [5.74, 6) is -2.77. The molecular formula is C24H18F3N3O3. The Labute approximate surface area is 186 Å². The van der Waals surface area contributed by atoms with Crippen molar-refractivity contribution in [3.05, 3.63) is 101 Å². The standard InChI is InChI=1S/C24H18F3N3O3/c1-30(12-22-29-19-10-16(25)5-6-21(19)33-22)8-7-14-9-15(11-28-20(14)13-31)24(32)23-17(26)3-2-4-18(23)27/h2-8,10-11,13,28H,9,12H2,1H3/b8-7-. The first kappa shape index (κ1) is 22.1. The number of carbonyl (C=O) groups is 2. The van der Waals surface area contributed by atoms with E-state index in [1.807, 2.05) is 0 Å². The summed E-state index contributed by atoms with van der Waals surface area (Å²) in [6.07, 6.45) is 5.12. The predicted octanol–water partition coefficient (Wildman–Crippen LogP) is 4.40. The molecule has 0 aliphatic carbocycles. The molecule has 2 aromatic carbocycles. The van der Waals surface area contributed by atoms with Gasteiger partial charge in [-0.05, 0) is 42.1 Å². The van der Waals surface area contributed by atoms with Gasteiger partial charge in [-0.25, -0.2) is 18.2 Å². The van der Waals surface area contributed by atoms with Gasteiger partial charge in [-0.2, -0.15) is 0 Å². The molecule has 0 spiro atoms. The third-order valence-electron chi connectivity index (χ3n) is 5.04. The zero-order valence-electron chi connectivity index (χ0n) is 17.4. The van der Waals surface area contributed by atoms with Crippen molar-refractivity contribution in [2.24, 2.45) is 0 Å². The first-order valence-electron chi connectivity index (χ1n) is 9.91. The summed E-state index contributed by atoms with van der Waals surface area (Å²) >= 11 is 0. The van der Waals surface area contributed by atoms with Crippen molar-refractivity contribution in [2.45, 2.75) is 13.0 Å². The second kappa shape index (κ2) is 9.15. The smallest absolute Gasteiger partial charge is 0.214 e. The van der Waals surface area contributed by atoms with E-state index in [9.17, 15) is 22.8 Å². The summed E-state index contributed by atoms with van der Waals surface area (Å²) in [6, 6.07) is 7.25. The number of halogens is 3. The molecule has 2 heterocycles. The van der Waals surface area contributed by atoms with Gasteiger partial charge in [0.2, 0.25) is 5.89 Å². The molecule has 3 aromatic rings. The van der Waals surface area contributed by atoms with Crippen LogP contribution in [-0.2, 0) is 11.3 Å². The number of Topliss-reactive ketones (excluding diaryl/α,β-unsaturated/α-hetero) is 1. The molecule has 33 heavy (non-hydrogen) atoms. The van der Waals surface area contributed by atoms with Crippen LogP contribution in [0.2, 0.25) is 0 Å². The summed E-state index contributed by atoms with van der Waals surface area (Å²) in [4.78, 5) is 30.1. The molecule has 1 aromatic heterocycles. The Morgan fingerprint density at radius 3 is 2.70 bits per heavy atom. The highest BCUT2D eigenvalue weighted by Gasteiger charge is 2.24. The number of fused-ring (bicyclic) bond motifs is 1. The number of ketones is 1. The van der Waals surface area contributed by atoms with E-state index in [-0.39, 0.29) is 24.2 Å². The average Bonchev–Trinajstić information content (AvgIpc) is 3.18. The van der Waals surface area contributed by atoms with Crippen LogP contribution in [0.25, 0.3) is 11.1 Å². The van der Waals surface area contributed by atoms with Crippen molar-refractivity contribution < 1.29 is 27.2 Å². The minimum absolute atomic E-state index is 0.000184. The number of hydrogen-bond donors (Lipinski definition) is 1. The van der Waals surface area contributed by atoms with E-state index in [4.69, 9.17) is 4.42 Å². The number of dihydropyridines is 1. The fourth-order valence-electron chi connectivity index (χ4n) is 3.39. The van der Waals surface area contributed by atoms with Crippen LogP contribution in [0.1, 0.15) is 22.7 Å². The molecule has 4 rings (SSSR count). The van der Waals surface area contributed by atoms with Crippen molar-refractivity contribution >= 4 is 23.2 Å². The number of nitrogens with one attached hydrogen (secondary N) is 1. The van der Waals surface area contributed by atoms with Gasteiger partial charge in [0.05, 0.1) is 17.8 Å². The molecule has 0 radical (unpaired) electrons. The number of carbonyl (C=O) groups excluding carboxylic acids is 2. The van der Waals surface area contributed by atoms with E-state index in [0.717, 1.165) is 12.1 Å². The fourth-order valence-corrected chi connectivity index (χ4v) is 3.39.